The molecule has 15 heteroatoms. The average Bonchev–Trinajstić information content (AvgIpc) is 3.69. The fourth-order valence-corrected chi connectivity index (χ4v) is 8.19. The Hall–Kier alpha value is -2.84. The second-order valence-corrected chi connectivity index (χ2v) is 15.1. The van der Waals surface area contributed by atoms with E-state index < -0.39 is 34.1 Å². The van der Waals surface area contributed by atoms with Crippen molar-refractivity contribution in [2.75, 3.05) is 33.0 Å². The molecule has 2 fully saturated rings. The largest absolute Gasteiger partial charge is 0.489 e. The maximum absolute atomic E-state index is 13.8. The molecule has 1 amide bonds. The van der Waals surface area contributed by atoms with Gasteiger partial charge in [-0.2, -0.15) is 13.1 Å². The number of carbonyl (C=O) groups excluding carboxylic acids is 2. The predicted octanol–water partition coefficient (Wildman–Crippen LogP) is 6.78. The molecule has 2 aromatic carbocycles. The number of halogens is 4. The van der Waals surface area contributed by atoms with Gasteiger partial charge in [-0.3, -0.25) is 4.79 Å². The van der Waals surface area contributed by atoms with Gasteiger partial charge < -0.3 is 19.1 Å². The highest BCUT2D eigenvalue weighted by Gasteiger charge is 2.42. The minimum absolute atomic E-state index is 0.0204. The monoisotopic (exact) mass is 718 g/mol. The van der Waals surface area contributed by atoms with E-state index in [1.807, 2.05) is 0 Å². The Balaban J connectivity index is 1.66. The topological polar surface area (TPSA) is 102 Å². The minimum Gasteiger partial charge on any atom is -0.489 e. The van der Waals surface area contributed by atoms with E-state index >= 15 is 0 Å². The van der Waals surface area contributed by atoms with Gasteiger partial charge in [-0.05, 0) is 67.2 Å². The molecule has 1 heterocycles. The van der Waals surface area contributed by atoms with Crippen LogP contribution in [-0.2, 0) is 19.6 Å². The zero-order chi connectivity index (χ0) is 33.8. The summed E-state index contributed by atoms with van der Waals surface area (Å²) in [5, 5.41) is -0.866. The molecule has 2 aliphatic rings. The number of allylic oxidation sites excluding steroid dienone is 2. The lowest BCUT2D eigenvalue weighted by Gasteiger charge is -2.26. The summed E-state index contributed by atoms with van der Waals surface area (Å²) in [6.07, 6.45) is 0.767. The lowest BCUT2D eigenvalue weighted by atomic mass is 10.00. The Morgan fingerprint density at radius 2 is 1.85 bits per heavy atom. The summed E-state index contributed by atoms with van der Waals surface area (Å²) in [7, 11) is -1.13. The lowest BCUT2D eigenvalue weighted by molar-refractivity contribution is -0.150. The Bertz CT molecular complexity index is 1610. The summed E-state index contributed by atoms with van der Waals surface area (Å²) >= 11 is 13.6. The van der Waals surface area contributed by atoms with Gasteiger partial charge in [-0.1, -0.05) is 41.9 Å². The molecule has 9 nitrogen and oxygen atoms in total. The molecule has 0 unspecified atom stereocenters. The zero-order valence-corrected chi connectivity index (χ0v) is 28.5. The number of rotatable bonds is 14. The van der Waals surface area contributed by atoms with Crippen molar-refractivity contribution < 1.29 is 41.0 Å². The van der Waals surface area contributed by atoms with Gasteiger partial charge in [-0.15, -0.1) is 11.8 Å². The quantitative estimate of drug-likeness (QED) is 0.156. The Morgan fingerprint density at radius 1 is 1.13 bits per heavy atom. The second kappa shape index (κ2) is 15.4. The van der Waals surface area contributed by atoms with Crippen LogP contribution < -0.4 is 9.47 Å². The Kier molecular flexibility index (Phi) is 12.0. The van der Waals surface area contributed by atoms with Crippen LogP contribution in [0.25, 0.3) is 0 Å². The summed E-state index contributed by atoms with van der Waals surface area (Å²) < 4.78 is 71.2. The number of sulfonamides is 1. The summed E-state index contributed by atoms with van der Waals surface area (Å²) in [6.45, 7) is 2.55. The molecule has 1 aliphatic carbocycles. The number of benzene rings is 2. The van der Waals surface area contributed by atoms with E-state index in [-0.39, 0.29) is 50.9 Å². The maximum atomic E-state index is 13.8. The molecule has 0 aromatic heterocycles. The Labute approximate surface area is 281 Å². The van der Waals surface area contributed by atoms with Gasteiger partial charge in [0.05, 0.1) is 11.5 Å². The van der Waals surface area contributed by atoms with Gasteiger partial charge >= 0.3 is 12.6 Å². The first-order valence-corrected chi connectivity index (χ1v) is 17.5. The van der Waals surface area contributed by atoms with E-state index in [1.54, 1.807) is 21.0 Å². The number of hydrogen-bond donors (Lipinski definition) is 0. The van der Waals surface area contributed by atoms with Crippen LogP contribution in [0.3, 0.4) is 0 Å². The normalized spacial score (nSPS) is 18.1. The highest BCUT2D eigenvalue weighted by Crippen LogP contribution is 2.40. The molecule has 2 aromatic rings. The summed E-state index contributed by atoms with van der Waals surface area (Å²) in [5.74, 6) is -0.778. The first kappa shape index (κ1) is 36.0. The number of nitrogens with zero attached hydrogens (tertiary/aromatic N) is 2. The standard InChI is InChI=1S/C31H34Cl2F2N2O7S2/c1-18(32)24(19(2)33)16-26(21-10-11-25(44-31(34)35)27(15-21)42-17-20-8-9-20)43-30(39)29-37(12-13-45-29)46(40,41)23-7-5-6-22(14-23)28(38)36(3)4/h5-7,10-11,14-15,20,26,29,31H,1,8-9,12-13,16-17H2,2-4H3/b24-19+/t26-,29-/m0/s1. The smallest absolute Gasteiger partial charge is 0.387 e. The predicted molar refractivity (Wildman–Crippen MR) is 173 cm³/mol. The van der Waals surface area contributed by atoms with E-state index in [0.29, 0.717) is 29.4 Å². The molecule has 4 rings (SSSR count). The van der Waals surface area contributed by atoms with E-state index in [9.17, 15) is 26.8 Å². The van der Waals surface area contributed by atoms with Crippen molar-refractivity contribution in [2.45, 2.75) is 49.2 Å². The SMILES string of the molecule is C=C(Cl)/C(C[C@H](OC(=O)[C@@H]1SCCN1S(=O)(=O)c1cccc(C(=O)N(C)C)c1)c1ccc(OC(F)F)c(OCC2CC2)c1)=C(\C)Cl. The molecule has 1 saturated carbocycles. The summed E-state index contributed by atoms with van der Waals surface area (Å²) in [6, 6.07) is 9.77. The summed E-state index contributed by atoms with van der Waals surface area (Å²) in [4.78, 5) is 27.4. The van der Waals surface area contributed by atoms with Crippen LogP contribution in [0.5, 0.6) is 11.5 Å². The molecule has 0 radical (unpaired) electrons. The molecule has 250 valence electrons. The van der Waals surface area contributed by atoms with E-state index in [0.717, 1.165) is 28.9 Å². The van der Waals surface area contributed by atoms with Crippen molar-refractivity contribution in [3.8, 4) is 11.5 Å². The highest BCUT2D eigenvalue weighted by molar-refractivity contribution is 8.02. The zero-order valence-electron chi connectivity index (χ0n) is 25.4. The third kappa shape index (κ3) is 8.94. The molecule has 0 bridgehead atoms. The van der Waals surface area contributed by atoms with Gasteiger partial charge in [0.15, 0.2) is 16.9 Å². The van der Waals surface area contributed by atoms with Gasteiger partial charge in [0.1, 0.15) is 6.10 Å². The van der Waals surface area contributed by atoms with Crippen LogP contribution in [0.15, 0.2) is 69.6 Å². The molecule has 2 atom stereocenters. The number of ether oxygens (including phenoxy) is 3. The van der Waals surface area contributed by atoms with Crippen LogP contribution in [0.4, 0.5) is 8.78 Å². The second-order valence-electron chi connectivity index (χ2n) is 11.0. The first-order chi connectivity index (χ1) is 21.7. The molecule has 0 spiro atoms. The number of carbonyl (C=O) groups is 2. The average molecular weight is 720 g/mol. The van der Waals surface area contributed by atoms with Crippen LogP contribution in [0.2, 0.25) is 0 Å². The number of esters is 1. The molecule has 1 saturated heterocycles. The van der Waals surface area contributed by atoms with E-state index in [4.69, 9.17) is 32.7 Å². The van der Waals surface area contributed by atoms with Crippen LogP contribution in [0, 0.1) is 5.92 Å². The van der Waals surface area contributed by atoms with Gasteiger partial charge in [-0.25, -0.2) is 13.2 Å². The number of hydrogen-bond acceptors (Lipinski definition) is 8. The van der Waals surface area contributed by atoms with Crippen molar-refractivity contribution in [3.63, 3.8) is 0 Å². The van der Waals surface area contributed by atoms with Gasteiger partial charge in [0.25, 0.3) is 5.91 Å². The summed E-state index contributed by atoms with van der Waals surface area (Å²) in [5.41, 5.74) is 0.898. The van der Waals surface area contributed by atoms with Crippen LogP contribution >= 0.6 is 35.0 Å². The van der Waals surface area contributed by atoms with Crippen LogP contribution in [-0.4, -0.2) is 74.5 Å². The fourth-order valence-electron chi connectivity index (χ4n) is 4.64. The van der Waals surface area contributed by atoms with Gasteiger partial charge in [0.2, 0.25) is 10.0 Å². The minimum atomic E-state index is -4.23. The van der Waals surface area contributed by atoms with Crippen molar-refractivity contribution in [2.24, 2.45) is 5.92 Å². The third-order valence-corrected chi connectivity index (χ3v) is 10.9. The van der Waals surface area contributed by atoms with E-state index in [2.05, 4.69) is 11.3 Å². The number of alkyl halides is 2. The first-order valence-electron chi connectivity index (χ1n) is 14.3. The maximum Gasteiger partial charge on any atom is 0.387 e. The van der Waals surface area contributed by atoms with Crippen LogP contribution in [0.1, 0.15) is 48.2 Å². The lowest BCUT2D eigenvalue weighted by Crippen LogP contribution is -2.40. The van der Waals surface area contributed by atoms with Crippen molar-refractivity contribution in [1.82, 2.24) is 9.21 Å². The van der Waals surface area contributed by atoms with E-state index in [1.165, 1.54) is 47.4 Å². The number of amides is 1. The van der Waals surface area contributed by atoms with Crippen molar-refractivity contribution >= 4 is 56.9 Å². The Morgan fingerprint density at radius 3 is 2.46 bits per heavy atom. The fraction of sp³-hybridized carbons (Fsp3) is 0.419. The molecular weight excluding hydrogens is 685 g/mol. The highest BCUT2D eigenvalue weighted by atomic mass is 35.5. The molecule has 1 aliphatic heterocycles. The number of thioether (sulfide) groups is 1. The third-order valence-electron chi connectivity index (χ3n) is 7.26. The molecular formula is C31H34Cl2F2N2O7S2. The van der Waals surface area contributed by atoms with Gasteiger partial charge in [0, 0.05) is 48.4 Å². The molecule has 46 heavy (non-hydrogen) atoms. The van der Waals surface area contributed by atoms with Crippen molar-refractivity contribution in [3.05, 3.63) is 75.8 Å². The van der Waals surface area contributed by atoms with Crippen molar-refractivity contribution in [1.29, 1.82) is 0 Å². The molecule has 0 N–H and O–H groups in total.